The summed E-state index contributed by atoms with van der Waals surface area (Å²) in [5.41, 5.74) is 6.26. The van der Waals surface area contributed by atoms with Gasteiger partial charge in [-0.3, -0.25) is 0 Å². The Morgan fingerprint density at radius 2 is 0.840 bits per heavy atom. The number of unbranched alkanes of at least 4 members (excludes halogenated alkanes) is 18. The smallest absolute Gasteiger partial charge is 0.338 e. The van der Waals surface area contributed by atoms with Gasteiger partial charge in [-0.15, -0.1) is 0 Å². The first-order valence-electron chi connectivity index (χ1n) is 19.9. The van der Waals surface area contributed by atoms with E-state index in [1.807, 2.05) is 54.6 Å². The molecule has 0 heterocycles. The van der Waals surface area contributed by atoms with E-state index >= 15 is 0 Å². The van der Waals surface area contributed by atoms with Crippen LogP contribution in [0.25, 0.3) is 28.3 Å². The van der Waals surface area contributed by atoms with Crippen molar-refractivity contribution in [2.75, 3.05) is 13.2 Å². The average Bonchev–Trinajstić information content (AvgIpc) is 3.15. The van der Waals surface area contributed by atoms with Crippen molar-refractivity contribution in [1.82, 2.24) is 0 Å². The van der Waals surface area contributed by atoms with E-state index in [0.29, 0.717) is 24.3 Å². The predicted molar refractivity (Wildman–Crippen MR) is 212 cm³/mol. The summed E-state index contributed by atoms with van der Waals surface area (Å²) in [4.78, 5) is 25.2. The van der Waals surface area contributed by atoms with Crippen LogP contribution in [0.3, 0.4) is 0 Å². The van der Waals surface area contributed by atoms with Gasteiger partial charge in [0, 0.05) is 0 Å². The molecule has 0 aliphatic heterocycles. The van der Waals surface area contributed by atoms with Crippen LogP contribution in [0.1, 0.15) is 169 Å². The fraction of sp³-hybridized carbons (Fsp3) is 0.522. The van der Waals surface area contributed by atoms with Crippen LogP contribution in [0, 0.1) is 0 Å². The Hall–Kier alpha value is -3.66. The molecule has 3 aromatic carbocycles. The number of carbonyl (C=O) groups excluding carboxylic acids is 2. The van der Waals surface area contributed by atoms with Crippen LogP contribution in [0.5, 0.6) is 0 Å². The molecule has 3 rings (SSSR count). The summed E-state index contributed by atoms with van der Waals surface area (Å²) < 4.78 is 11.1. The predicted octanol–water partition coefficient (Wildman–Crippen LogP) is 13.8. The molecular formula is C46H64O4. The lowest BCUT2D eigenvalue weighted by atomic mass is 9.94. The molecule has 272 valence electrons. The molecule has 3 aromatic rings. The van der Waals surface area contributed by atoms with Gasteiger partial charge in [-0.2, -0.15) is 0 Å². The summed E-state index contributed by atoms with van der Waals surface area (Å²) in [6, 6.07) is 21.5. The fourth-order valence-electron chi connectivity index (χ4n) is 6.43. The number of benzene rings is 3. The lowest BCUT2D eigenvalue weighted by molar-refractivity contribution is 0.0488. The number of hydrogen-bond acceptors (Lipinski definition) is 4. The highest BCUT2D eigenvalue weighted by Gasteiger charge is 2.11. The van der Waals surface area contributed by atoms with Gasteiger partial charge in [0.05, 0.1) is 24.3 Å². The van der Waals surface area contributed by atoms with Crippen molar-refractivity contribution < 1.29 is 19.1 Å². The molecule has 0 radical (unpaired) electrons. The SMILES string of the molecule is C=Cc1cc(-c2ccc(C(=O)OCCCCCCCCCCCC)cc2)ccc1-c1ccc(C(=O)OCCCCCCCCCCCC)cc1. The molecule has 0 bridgehead atoms. The van der Waals surface area contributed by atoms with Crippen LogP contribution in [0.2, 0.25) is 0 Å². The minimum Gasteiger partial charge on any atom is -0.462 e. The molecule has 0 fully saturated rings. The van der Waals surface area contributed by atoms with Crippen molar-refractivity contribution in [1.29, 1.82) is 0 Å². The van der Waals surface area contributed by atoms with E-state index in [1.54, 1.807) is 0 Å². The third-order valence-electron chi connectivity index (χ3n) is 9.62. The summed E-state index contributed by atoms with van der Waals surface area (Å²) in [6.45, 7) is 9.51. The van der Waals surface area contributed by atoms with Gasteiger partial charge in [-0.1, -0.05) is 178 Å². The summed E-state index contributed by atoms with van der Waals surface area (Å²) in [5, 5.41) is 0. The van der Waals surface area contributed by atoms with Gasteiger partial charge in [-0.25, -0.2) is 9.59 Å². The average molecular weight is 681 g/mol. The van der Waals surface area contributed by atoms with E-state index in [9.17, 15) is 9.59 Å². The van der Waals surface area contributed by atoms with E-state index < -0.39 is 0 Å². The maximum atomic E-state index is 12.6. The molecule has 4 nitrogen and oxygen atoms in total. The molecule has 0 spiro atoms. The van der Waals surface area contributed by atoms with Gasteiger partial charge in [0.15, 0.2) is 0 Å². The molecule has 0 atom stereocenters. The second-order valence-electron chi connectivity index (χ2n) is 13.8. The van der Waals surface area contributed by atoms with Crippen molar-refractivity contribution in [3.8, 4) is 22.3 Å². The molecule has 0 unspecified atom stereocenters. The first-order valence-corrected chi connectivity index (χ1v) is 19.9. The van der Waals surface area contributed by atoms with Crippen molar-refractivity contribution in [2.45, 2.75) is 142 Å². The zero-order valence-corrected chi connectivity index (χ0v) is 31.3. The minimum atomic E-state index is -0.266. The topological polar surface area (TPSA) is 52.6 Å². The van der Waals surface area contributed by atoms with Gasteiger partial charge in [0.1, 0.15) is 0 Å². The van der Waals surface area contributed by atoms with Crippen LogP contribution in [0.15, 0.2) is 73.3 Å². The quantitative estimate of drug-likeness (QED) is 0.0594. The molecular weight excluding hydrogens is 617 g/mol. The number of hydrogen-bond donors (Lipinski definition) is 0. The maximum absolute atomic E-state index is 12.6. The summed E-state index contributed by atoms with van der Waals surface area (Å²) in [7, 11) is 0. The standard InChI is InChI=1S/C46H64O4/c1-4-7-9-11-13-15-17-19-21-23-35-49-45(47)41-29-25-39(26-30-41)43-33-34-44(38(6-3)37-43)40-27-31-42(32-28-40)46(48)50-36-24-22-20-18-16-14-12-10-8-5-2/h6,25-34,37H,3-5,7-24,35-36H2,1-2H3. The van der Waals surface area contributed by atoms with Crippen LogP contribution in [-0.2, 0) is 9.47 Å². The van der Waals surface area contributed by atoms with Crippen LogP contribution < -0.4 is 0 Å². The summed E-state index contributed by atoms with van der Waals surface area (Å²) >= 11 is 0. The third kappa shape index (κ3) is 15.5. The summed E-state index contributed by atoms with van der Waals surface area (Å²) in [5.74, 6) is -0.529. The van der Waals surface area contributed by atoms with Gasteiger partial charge >= 0.3 is 11.9 Å². The molecule has 50 heavy (non-hydrogen) atoms. The number of esters is 2. The second kappa shape index (κ2) is 25.3. The highest BCUT2D eigenvalue weighted by Crippen LogP contribution is 2.30. The molecule has 0 aliphatic rings. The normalized spacial score (nSPS) is 11.0. The van der Waals surface area contributed by atoms with Crippen molar-refractivity contribution in [3.63, 3.8) is 0 Å². The molecule has 0 aliphatic carbocycles. The van der Waals surface area contributed by atoms with Gasteiger partial charge < -0.3 is 9.47 Å². The van der Waals surface area contributed by atoms with E-state index in [-0.39, 0.29) is 11.9 Å². The number of carbonyl (C=O) groups is 2. The molecule has 0 aromatic heterocycles. The number of ether oxygens (including phenoxy) is 2. The van der Waals surface area contributed by atoms with E-state index in [1.165, 1.54) is 103 Å². The number of rotatable bonds is 27. The van der Waals surface area contributed by atoms with Gasteiger partial charge in [0.2, 0.25) is 0 Å². The molecule has 0 saturated carbocycles. The Labute approximate surface area is 304 Å². The highest BCUT2D eigenvalue weighted by atomic mass is 16.5. The maximum Gasteiger partial charge on any atom is 0.338 e. The van der Waals surface area contributed by atoms with Crippen molar-refractivity contribution >= 4 is 18.0 Å². The Morgan fingerprint density at radius 3 is 1.24 bits per heavy atom. The monoisotopic (exact) mass is 680 g/mol. The Morgan fingerprint density at radius 1 is 0.480 bits per heavy atom. The lowest BCUT2D eigenvalue weighted by Gasteiger charge is -2.11. The largest absolute Gasteiger partial charge is 0.462 e. The van der Waals surface area contributed by atoms with Gasteiger partial charge in [-0.05, 0) is 71.0 Å². The Kier molecular flexibility index (Phi) is 20.6. The third-order valence-corrected chi connectivity index (χ3v) is 9.62. The second-order valence-corrected chi connectivity index (χ2v) is 13.8. The Balaban J connectivity index is 1.39. The van der Waals surface area contributed by atoms with Gasteiger partial charge in [0.25, 0.3) is 0 Å². The van der Waals surface area contributed by atoms with Crippen molar-refractivity contribution in [3.05, 3.63) is 90.0 Å². The van der Waals surface area contributed by atoms with E-state index in [2.05, 4.69) is 38.6 Å². The molecule has 4 heteroatoms. The minimum absolute atomic E-state index is 0.263. The van der Waals surface area contributed by atoms with E-state index in [0.717, 1.165) is 53.5 Å². The lowest BCUT2D eigenvalue weighted by Crippen LogP contribution is -2.06. The molecule has 0 saturated heterocycles. The first kappa shape index (κ1) is 40.8. The molecule has 0 N–H and O–H groups in total. The first-order chi connectivity index (χ1) is 24.6. The van der Waals surface area contributed by atoms with Crippen molar-refractivity contribution in [2.24, 2.45) is 0 Å². The highest BCUT2D eigenvalue weighted by molar-refractivity contribution is 5.91. The Bertz CT molecular complexity index is 1370. The zero-order valence-electron chi connectivity index (χ0n) is 31.3. The van der Waals surface area contributed by atoms with Crippen LogP contribution >= 0.6 is 0 Å². The fourth-order valence-corrected chi connectivity index (χ4v) is 6.43. The van der Waals surface area contributed by atoms with E-state index in [4.69, 9.17) is 9.47 Å². The van der Waals surface area contributed by atoms with Crippen LogP contribution in [0.4, 0.5) is 0 Å². The van der Waals surface area contributed by atoms with Crippen LogP contribution in [-0.4, -0.2) is 25.2 Å². The zero-order chi connectivity index (χ0) is 35.7. The molecule has 0 amide bonds. The summed E-state index contributed by atoms with van der Waals surface area (Å²) in [6.07, 6.45) is 27.0.